The molecule has 2 N–H and O–H groups in total. The van der Waals surface area contributed by atoms with Crippen LogP contribution in [0.15, 0.2) is 18.3 Å². The van der Waals surface area contributed by atoms with Gasteiger partial charge in [0.15, 0.2) is 0 Å². The molecule has 0 atom stereocenters. The highest BCUT2D eigenvalue weighted by Gasteiger charge is 2.11. The Morgan fingerprint density at radius 3 is 3.00 bits per heavy atom. The number of carbonyl (C=O) groups excluding carboxylic acids is 1. The van der Waals surface area contributed by atoms with Crippen LogP contribution >= 0.6 is 0 Å². The Kier molecular flexibility index (Phi) is 5.11. The summed E-state index contributed by atoms with van der Waals surface area (Å²) in [6, 6.07) is 3.56. The maximum atomic E-state index is 11.9. The Morgan fingerprint density at radius 2 is 2.26 bits per heavy atom. The fourth-order valence-electron chi connectivity index (χ4n) is 1.95. The van der Waals surface area contributed by atoms with Crippen molar-refractivity contribution in [3.8, 4) is 0 Å². The quantitative estimate of drug-likeness (QED) is 0.794. The van der Waals surface area contributed by atoms with Gasteiger partial charge in [-0.2, -0.15) is 0 Å². The number of morpholine rings is 1. The Hall–Kier alpha value is -1.66. The Morgan fingerprint density at radius 1 is 1.47 bits per heavy atom. The van der Waals surface area contributed by atoms with Crippen molar-refractivity contribution in [2.45, 2.75) is 0 Å². The molecule has 1 saturated heterocycles. The summed E-state index contributed by atoms with van der Waals surface area (Å²) in [7, 11) is 1.81. The molecule has 19 heavy (non-hydrogen) atoms. The van der Waals surface area contributed by atoms with Gasteiger partial charge in [-0.1, -0.05) is 0 Å². The lowest BCUT2D eigenvalue weighted by molar-refractivity contribution is 0.0383. The van der Waals surface area contributed by atoms with Gasteiger partial charge in [-0.3, -0.25) is 14.7 Å². The third-order valence-electron chi connectivity index (χ3n) is 3.10. The highest BCUT2D eigenvalue weighted by Crippen LogP contribution is 2.06. The van der Waals surface area contributed by atoms with Crippen LogP contribution in [0.1, 0.15) is 10.5 Å². The first-order valence-electron chi connectivity index (χ1n) is 6.51. The summed E-state index contributed by atoms with van der Waals surface area (Å²) in [5.41, 5.74) is 1.32. The number of nitrogens with one attached hydrogen (secondary N) is 2. The van der Waals surface area contributed by atoms with Crippen molar-refractivity contribution < 1.29 is 9.53 Å². The number of amides is 1. The predicted octanol–water partition coefficient (Wildman–Crippen LogP) is 0.185. The summed E-state index contributed by atoms with van der Waals surface area (Å²) in [5.74, 6) is -0.134. The van der Waals surface area contributed by atoms with Crippen LogP contribution in [0.3, 0.4) is 0 Å². The molecule has 2 rings (SSSR count). The highest BCUT2D eigenvalue weighted by molar-refractivity contribution is 5.93. The van der Waals surface area contributed by atoms with E-state index in [1.807, 2.05) is 13.1 Å². The molecule has 1 fully saturated rings. The van der Waals surface area contributed by atoms with Crippen molar-refractivity contribution in [3.63, 3.8) is 0 Å². The van der Waals surface area contributed by atoms with E-state index < -0.39 is 0 Å². The second-order valence-electron chi connectivity index (χ2n) is 4.39. The first kappa shape index (κ1) is 13.8. The van der Waals surface area contributed by atoms with Crippen LogP contribution in [0.2, 0.25) is 0 Å². The SMILES string of the molecule is CNc1ccnc(C(=O)NCCN2CCOCC2)c1. The number of aromatic nitrogens is 1. The molecule has 1 amide bonds. The first-order chi connectivity index (χ1) is 9.29. The standard InChI is InChI=1S/C13H20N4O2/c1-14-11-2-3-15-12(10-11)13(18)16-4-5-17-6-8-19-9-7-17/h2-3,10H,4-9H2,1H3,(H,14,15)(H,16,18). The Bertz CT molecular complexity index is 419. The minimum Gasteiger partial charge on any atom is -0.388 e. The summed E-state index contributed by atoms with van der Waals surface area (Å²) in [6.45, 7) is 4.90. The fourth-order valence-corrected chi connectivity index (χ4v) is 1.95. The van der Waals surface area contributed by atoms with Crippen molar-refractivity contribution in [2.24, 2.45) is 0 Å². The van der Waals surface area contributed by atoms with Crippen molar-refractivity contribution >= 4 is 11.6 Å². The Labute approximate surface area is 113 Å². The third-order valence-corrected chi connectivity index (χ3v) is 3.10. The fraction of sp³-hybridized carbons (Fsp3) is 0.538. The van der Waals surface area contributed by atoms with Crippen molar-refractivity contribution in [3.05, 3.63) is 24.0 Å². The monoisotopic (exact) mass is 264 g/mol. The van der Waals surface area contributed by atoms with E-state index >= 15 is 0 Å². The van der Waals surface area contributed by atoms with E-state index in [1.165, 1.54) is 0 Å². The molecule has 0 unspecified atom stereocenters. The van der Waals surface area contributed by atoms with Gasteiger partial charge in [0, 0.05) is 45.1 Å². The van der Waals surface area contributed by atoms with E-state index in [2.05, 4.69) is 20.5 Å². The molecule has 0 aliphatic carbocycles. The molecule has 1 aromatic heterocycles. The zero-order chi connectivity index (χ0) is 13.5. The van der Waals surface area contributed by atoms with E-state index in [1.54, 1.807) is 12.3 Å². The first-order valence-corrected chi connectivity index (χ1v) is 6.51. The topological polar surface area (TPSA) is 66.5 Å². The van der Waals surface area contributed by atoms with E-state index in [0.29, 0.717) is 12.2 Å². The van der Waals surface area contributed by atoms with Gasteiger partial charge in [0.05, 0.1) is 13.2 Å². The van der Waals surface area contributed by atoms with Crippen LogP contribution < -0.4 is 10.6 Å². The minimum atomic E-state index is -0.134. The second kappa shape index (κ2) is 7.06. The van der Waals surface area contributed by atoms with E-state index in [-0.39, 0.29) is 5.91 Å². The second-order valence-corrected chi connectivity index (χ2v) is 4.39. The molecular weight excluding hydrogens is 244 g/mol. The zero-order valence-electron chi connectivity index (χ0n) is 11.2. The van der Waals surface area contributed by atoms with Crippen LogP contribution in [0.4, 0.5) is 5.69 Å². The molecule has 6 nitrogen and oxygen atoms in total. The largest absolute Gasteiger partial charge is 0.388 e. The van der Waals surface area contributed by atoms with Crippen molar-refractivity contribution in [2.75, 3.05) is 51.8 Å². The van der Waals surface area contributed by atoms with Gasteiger partial charge in [0.2, 0.25) is 0 Å². The van der Waals surface area contributed by atoms with Crippen LogP contribution in [0.25, 0.3) is 0 Å². The van der Waals surface area contributed by atoms with Gasteiger partial charge in [0.25, 0.3) is 5.91 Å². The zero-order valence-corrected chi connectivity index (χ0v) is 11.2. The van der Waals surface area contributed by atoms with Crippen LogP contribution in [-0.4, -0.2) is 62.2 Å². The number of ether oxygens (including phenoxy) is 1. The van der Waals surface area contributed by atoms with Crippen molar-refractivity contribution in [1.82, 2.24) is 15.2 Å². The number of rotatable bonds is 5. The lowest BCUT2D eigenvalue weighted by Crippen LogP contribution is -2.41. The van der Waals surface area contributed by atoms with Gasteiger partial charge < -0.3 is 15.4 Å². The molecule has 1 aliphatic heterocycles. The molecule has 104 valence electrons. The number of anilines is 1. The van der Waals surface area contributed by atoms with Gasteiger partial charge in [-0.15, -0.1) is 0 Å². The molecule has 1 aliphatic rings. The van der Waals surface area contributed by atoms with E-state index in [0.717, 1.165) is 38.5 Å². The lowest BCUT2D eigenvalue weighted by atomic mass is 10.3. The lowest BCUT2D eigenvalue weighted by Gasteiger charge is -2.26. The average molecular weight is 264 g/mol. The number of carbonyl (C=O) groups is 1. The summed E-state index contributed by atoms with van der Waals surface area (Å²) in [6.07, 6.45) is 1.63. The molecule has 2 heterocycles. The molecule has 6 heteroatoms. The predicted molar refractivity (Wildman–Crippen MR) is 73.4 cm³/mol. The van der Waals surface area contributed by atoms with Gasteiger partial charge in [-0.25, -0.2) is 0 Å². The van der Waals surface area contributed by atoms with Crippen LogP contribution in [-0.2, 0) is 4.74 Å². The summed E-state index contributed by atoms with van der Waals surface area (Å²) < 4.78 is 5.28. The maximum Gasteiger partial charge on any atom is 0.269 e. The molecule has 0 spiro atoms. The number of hydrogen-bond acceptors (Lipinski definition) is 5. The molecular formula is C13H20N4O2. The molecule has 0 bridgehead atoms. The molecule has 0 aromatic carbocycles. The van der Waals surface area contributed by atoms with Crippen molar-refractivity contribution in [1.29, 1.82) is 0 Å². The van der Waals surface area contributed by atoms with Crippen LogP contribution in [0.5, 0.6) is 0 Å². The van der Waals surface area contributed by atoms with Gasteiger partial charge >= 0.3 is 0 Å². The third kappa shape index (κ3) is 4.18. The summed E-state index contributed by atoms with van der Waals surface area (Å²) >= 11 is 0. The summed E-state index contributed by atoms with van der Waals surface area (Å²) in [5, 5.41) is 5.87. The van der Waals surface area contributed by atoms with Gasteiger partial charge in [-0.05, 0) is 12.1 Å². The molecule has 0 radical (unpaired) electrons. The van der Waals surface area contributed by atoms with Crippen LogP contribution in [0, 0.1) is 0 Å². The highest BCUT2D eigenvalue weighted by atomic mass is 16.5. The molecule has 0 saturated carbocycles. The molecule has 1 aromatic rings. The van der Waals surface area contributed by atoms with E-state index in [4.69, 9.17) is 4.74 Å². The maximum absolute atomic E-state index is 11.9. The number of nitrogens with zero attached hydrogens (tertiary/aromatic N) is 2. The average Bonchev–Trinajstić information content (AvgIpc) is 2.48. The number of pyridine rings is 1. The smallest absolute Gasteiger partial charge is 0.269 e. The Balaban J connectivity index is 1.77. The minimum absolute atomic E-state index is 0.134. The number of hydrogen-bond donors (Lipinski definition) is 2. The normalized spacial score (nSPS) is 16.1. The van der Waals surface area contributed by atoms with Gasteiger partial charge in [0.1, 0.15) is 5.69 Å². The summed E-state index contributed by atoms with van der Waals surface area (Å²) in [4.78, 5) is 18.3. The van der Waals surface area contributed by atoms with E-state index in [9.17, 15) is 4.79 Å².